The van der Waals surface area contributed by atoms with Crippen molar-refractivity contribution in [2.24, 2.45) is 0 Å². The van der Waals surface area contributed by atoms with Crippen LogP contribution in [0.2, 0.25) is 0 Å². The first-order valence-corrected chi connectivity index (χ1v) is 4.87. The molecule has 0 heterocycles. The molecule has 0 unspecified atom stereocenters. The van der Waals surface area contributed by atoms with E-state index in [1.165, 1.54) is 0 Å². The summed E-state index contributed by atoms with van der Waals surface area (Å²) in [5.74, 6) is -1.26. The number of benzene rings is 1. The van der Waals surface area contributed by atoms with Gasteiger partial charge in [-0.15, -0.1) is 0 Å². The molecule has 0 aliphatic heterocycles. The Morgan fingerprint density at radius 1 is 1.20 bits per heavy atom. The van der Waals surface area contributed by atoms with Crippen LogP contribution in [-0.2, 0) is 20.7 Å². The number of esters is 1. The predicted molar refractivity (Wildman–Crippen MR) is 56.4 cm³/mol. The van der Waals surface area contributed by atoms with Crippen molar-refractivity contribution in [2.45, 2.75) is 26.4 Å². The van der Waals surface area contributed by atoms with Crippen LogP contribution in [0, 0.1) is 0 Å². The first kappa shape index (κ1) is 11.4. The summed E-state index contributed by atoms with van der Waals surface area (Å²) in [7, 11) is 0. The van der Waals surface area contributed by atoms with E-state index in [4.69, 9.17) is 4.74 Å². The van der Waals surface area contributed by atoms with Crippen LogP contribution in [0.25, 0.3) is 0 Å². The maximum atomic E-state index is 11.4. The summed E-state index contributed by atoms with van der Waals surface area (Å²) in [5, 5.41) is 0. The number of ether oxygens (including phenoxy) is 1. The van der Waals surface area contributed by atoms with Crippen LogP contribution in [0.1, 0.15) is 19.4 Å². The third kappa shape index (κ3) is 3.94. The van der Waals surface area contributed by atoms with E-state index in [0.717, 1.165) is 5.56 Å². The third-order valence-electron chi connectivity index (χ3n) is 1.78. The lowest BCUT2D eigenvalue weighted by atomic mass is 10.1. The molecule has 3 nitrogen and oxygen atoms in total. The second kappa shape index (κ2) is 5.29. The van der Waals surface area contributed by atoms with Crippen molar-refractivity contribution < 1.29 is 14.3 Å². The predicted octanol–water partition coefficient (Wildman–Crippen LogP) is 1.75. The van der Waals surface area contributed by atoms with E-state index in [0.29, 0.717) is 0 Å². The molecule has 0 fully saturated rings. The van der Waals surface area contributed by atoms with Gasteiger partial charge in [0.2, 0.25) is 5.78 Å². The Hall–Kier alpha value is -1.64. The Bertz CT molecular complexity index is 341. The number of Topliss-reactive ketones (excluding diaryl/α,β-unsaturated/α-hetero) is 1. The van der Waals surface area contributed by atoms with Crippen molar-refractivity contribution in [3.05, 3.63) is 35.9 Å². The van der Waals surface area contributed by atoms with Gasteiger partial charge in [-0.1, -0.05) is 30.3 Å². The Morgan fingerprint density at radius 3 is 2.33 bits per heavy atom. The fourth-order valence-electron chi connectivity index (χ4n) is 1.13. The molecule has 0 atom stereocenters. The zero-order valence-corrected chi connectivity index (χ0v) is 8.90. The Labute approximate surface area is 89.1 Å². The molecule has 0 radical (unpaired) electrons. The van der Waals surface area contributed by atoms with Crippen molar-refractivity contribution in [1.82, 2.24) is 0 Å². The van der Waals surface area contributed by atoms with Crippen LogP contribution in [-0.4, -0.2) is 17.9 Å². The number of hydrogen-bond acceptors (Lipinski definition) is 3. The summed E-state index contributed by atoms with van der Waals surface area (Å²) in [6.07, 6.45) is -0.149. The maximum absolute atomic E-state index is 11.4. The average molecular weight is 206 g/mol. The average Bonchev–Trinajstić information content (AvgIpc) is 2.18. The quantitative estimate of drug-likeness (QED) is 0.556. The highest BCUT2D eigenvalue weighted by Gasteiger charge is 2.16. The first-order chi connectivity index (χ1) is 7.09. The standard InChI is InChI=1S/C12H14O3/c1-9(2)15-12(14)11(13)8-10-6-4-3-5-7-10/h3-7,9H,8H2,1-2H3. The molecule has 0 N–H and O–H groups in total. The Morgan fingerprint density at radius 2 is 1.80 bits per heavy atom. The lowest BCUT2D eigenvalue weighted by Gasteiger charge is -2.06. The molecular weight excluding hydrogens is 192 g/mol. The van der Waals surface area contributed by atoms with Crippen molar-refractivity contribution in [1.29, 1.82) is 0 Å². The van der Waals surface area contributed by atoms with Crippen LogP contribution in [0.3, 0.4) is 0 Å². The molecular formula is C12H14O3. The minimum atomic E-state index is -0.756. The SMILES string of the molecule is CC(C)OC(=O)C(=O)Cc1ccccc1. The summed E-state index contributed by atoms with van der Waals surface area (Å²) in [5.41, 5.74) is 0.822. The largest absolute Gasteiger partial charge is 0.457 e. The highest BCUT2D eigenvalue weighted by Crippen LogP contribution is 2.01. The summed E-state index contributed by atoms with van der Waals surface area (Å²) in [6, 6.07) is 9.13. The molecule has 0 aromatic heterocycles. The van der Waals surface area contributed by atoms with Crippen molar-refractivity contribution in [2.75, 3.05) is 0 Å². The molecule has 0 saturated carbocycles. The molecule has 0 bridgehead atoms. The zero-order chi connectivity index (χ0) is 11.3. The highest BCUT2D eigenvalue weighted by molar-refractivity contribution is 6.34. The van der Waals surface area contributed by atoms with Gasteiger partial charge in [0.05, 0.1) is 6.10 Å². The molecule has 1 aromatic rings. The highest BCUT2D eigenvalue weighted by atomic mass is 16.5. The second-order valence-corrected chi connectivity index (χ2v) is 3.54. The first-order valence-electron chi connectivity index (χ1n) is 4.87. The Kier molecular flexibility index (Phi) is 4.03. The third-order valence-corrected chi connectivity index (χ3v) is 1.78. The summed E-state index contributed by atoms with van der Waals surface area (Å²) >= 11 is 0. The molecule has 15 heavy (non-hydrogen) atoms. The molecule has 3 heteroatoms. The monoisotopic (exact) mass is 206 g/mol. The molecule has 0 aliphatic carbocycles. The van der Waals surface area contributed by atoms with Crippen molar-refractivity contribution in [3.63, 3.8) is 0 Å². The lowest BCUT2D eigenvalue weighted by molar-refractivity contribution is -0.156. The van der Waals surface area contributed by atoms with E-state index in [1.807, 2.05) is 18.2 Å². The number of ketones is 1. The van der Waals surface area contributed by atoms with Gasteiger partial charge in [-0.25, -0.2) is 4.79 Å². The summed E-state index contributed by atoms with van der Waals surface area (Å²) in [4.78, 5) is 22.6. The molecule has 1 aromatic carbocycles. The lowest BCUT2D eigenvalue weighted by Crippen LogP contribution is -2.22. The van der Waals surface area contributed by atoms with Gasteiger partial charge in [0, 0.05) is 6.42 Å². The topological polar surface area (TPSA) is 43.4 Å². The van der Waals surface area contributed by atoms with E-state index >= 15 is 0 Å². The van der Waals surface area contributed by atoms with E-state index in [2.05, 4.69) is 0 Å². The van der Waals surface area contributed by atoms with Gasteiger partial charge in [-0.3, -0.25) is 4.79 Å². The normalized spacial score (nSPS) is 10.1. The number of hydrogen-bond donors (Lipinski definition) is 0. The number of rotatable bonds is 4. The van der Waals surface area contributed by atoms with Crippen LogP contribution in [0.15, 0.2) is 30.3 Å². The van der Waals surface area contributed by atoms with E-state index in [9.17, 15) is 9.59 Å². The van der Waals surface area contributed by atoms with Gasteiger partial charge in [-0.05, 0) is 19.4 Å². The fourth-order valence-corrected chi connectivity index (χ4v) is 1.13. The van der Waals surface area contributed by atoms with Gasteiger partial charge >= 0.3 is 5.97 Å². The minimum Gasteiger partial charge on any atom is -0.457 e. The van der Waals surface area contributed by atoms with Crippen LogP contribution < -0.4 is 0 Å². The Balaban J connectivity index is 2.53. The van der Waals surface area contributed by atoms with E-state index < -0.39 is 11.8 Å². The smallest absolute Gasteiger partial charge is 0.375 e. The van der Waals surface area contributed by atoms with Crippen LogP contribution >= 0.6 is 0 Å². The molecule has 0 amide bonds. The molecule has 0 saturated heterocycles. The van der Waals surface area contributed by atoms with Gasteiger partial charge < -0.3 is 4.74 Å². The van der Waals surface area contributed by atoms with Crippen LogP contribution in [0.5, 0.6) is 0 Å². The fraction of sp³-hybridized carbons (Fsp3) is 0.333. The van der Waals surface area contributed by atoms with Crippen molar-refractivity contribution in [3.8, 4) is 0 Å². The summed E-state index contributed by atoms with van der Waals surface area (Å²) < 4.78 is 4.80. The molecule has 80 valence electrons. The van der Waals surface area contributed by atoms with Gasteiger partial charge in [0.15, 0.2) is 0 Å². The van der Waals surface area contributed by atoms with Gasteiger partial charge in [0.25, 0.3) is 0 Å². The van der Waals surface area contributed by atoms with E-state index in [1.54, 1.807) is 26.0 Å². The van der Waals surface area contributed by atoms with Gasteiger partial charge in [0.1, 0.15) is 0 Å². The number of carbonyl (C=O) groups excluding carboxylic acids is 2. The molecule has 0 aliphatic rings. The molecule has 0 spiro atoms. The summed E-state index contributed by atoms with van der Waals surface area (Å²) in [6.45, 7) is 3.43. The van der Waals surface area contributed by atoms with Crippen molar-refractivity contribution >= 4 is 11.8 Å². The number of carbonyl (C=O) groups is 2. The maximum Gasteiger partial charge on any atom is 0.375 e. The van der Waals surface area contributed by atoms with Gasteiger partial charge in [-0.2, -0.15) is 0 Å². The van der Waals surface area contributed by atoms with Crippen LogP contribution in [0.4, 0.5) is 0 Å². The molecule has 1 rings (SSSR count). The minimum absolute atomic E-state index is 0.104. The van der Waals surface area contributed by atoms with E-state index in [-0.39, 0.29) is 12.5 Å². The zero-order valence-electron chi connectivity index (χ0n) is 8.90. The second-order valence-electron chi connectivity index (χ2n) is 3.54.